The maximum absolute atomic E-state index is 12.4. The van der Waals surface area contributed by atoms with Crippen molar-refractivity contribution < 1.29 is 8.42 Å². The van der Waals surface area contributed by atoms with Gasteiger partial charge in [-0.2, -0.15) is 5.10 Å². The third-order valence-electron chi connectivity index (χ3n) is 3.69. The van der Waals surface area contributed by atoms with Crippen molar-refractivity contribution in [2.75, 3.05) is 6.54 Å². The molecule has 1 heterocycles. The molecule has 1 aromatic rings. The van der Waals surface area contributed by atoms with Crippen LogP contribution in [0.3, 0.4) is 0 Å². The van der Waals surface area contributed by atoms with Gasteiger partial charge in [0.25, 0.3) is 10.0 Å². The van der Waals surface area contributed by atoms with Crippen LogP contribution in [0.15, 0.2) is 5.03 Å². The highest BCUT2D eigenvalue weighted by Gasteiger charge is 2.24. The fraction of sp³-hybridized carbons (Fsp3) is 0.786. The molecule has 0 atom stereocenters. The van der Waals surface area contributed by atoms with E-state index in [1.807, 2.05) is 20.8 Å². The molecule has 21 heavy (non-hydrogen) atoms. The van der Waals surface area contributed by atoms with Gasteiger partial charge in [-0.3, -0.25) is 5.10 Å². The lowest BCUT2D eigenvalue weighted by Gasteiger charge is -2.14. The fourth-order valence-corrected chi connectivity index (χ4v) is 3.35. The Morgan fingerprint density at radius 3 is 2.38 bits per heavy atom. The van der Waals surface area contributed by atoms with E-state index < -0.39 is 10.0 Å². The van der Waals surface area contributed by atoms with Crippen LogP contribution in [0, 0.1) is 12.8 Å². The second kappa shape index (κ2) is 7.91. The van der Waals surface area contributed by atoms with Crippen LogP contribution in [0.25, 0.3) is 0 Å². The Morgan fingerprint density at radius 2 is 1.86 bits per heavy atom. The molecule has 0 unspecified atom stereocenters. The van der Waals surface area contributed by atoms with E-state index in [-0.39, 0.29) is 11.1 Å². The second-order valence-electron chi connectivity index (χ2n) is 5.70. The van der Waals surface area contributed by atoms with E-state index in [0.717, 1.165) is 18.5 Å². The summed E-state index contributed by atoms with van der Waals surface area (Å²) >= 11 is 0. The van der Waals surface area contributed by atoms with Gasteiger partial charge in [0.05, 0.1) is 0 Å². The normalized spacial score (nSPS) is 12.5. The molecule has 0 bridgehead atoms. The van der Waals surface area contributed by atoms with Gasteiger partial charge in [-0.15, -0.1) is 0 Å². The molecular formula is C14H28N4O2S. The largest absolute Gasteiger partial charge is 0.310 e. The third kappa shape index (κ3) is 5.09. The van der Waals surface area contributed by atoms with Crippen molar-refractivity contribution in [3.8, 4) is 0 Å². The number of hydrogen-bond acceptors (Lipinski definition) is 4. The van der Waals surface area contributed by atoms with Gasteiger partial charge in [0, 0.05) is 30.4 Å². The van der Waals surface area contributed by atoms with E-state index in [2.05, 4.69) is 34.1 Å². The number of H-pyrrole nitrogens is 1. The molecular weight excluding hydrogens is 288 g/mol. The van der Waals surface area contributed by atoms with Gasteiger partial charge in [-0.05, 0) is 12.8 Å². The van der Waals surface area contributed by atoms with Crippen molar-refractivity contribution in [3.05, 3.63) is 11.3 Å². The molecule has 0 saturated carbocycles. The minimum Gasteiger partial charge on any atom is -0.310 e. The Balaban J connectivity index is 2.88. The monoisotopic (exact) mass is 316 g/mol. The second-order valence-corrected chi connectivity index (χ2v) is 7.38. The van der Waals surface area contributed by atoms with Crippen LogP contribution in [-0.4, -0.2) is 31.2 Å². The zero-order valence-corrected chi connectivity index (χ0v) is 14.5. The van der Waals surface area contributed by atoms with Crippen LogP contribution in [0.1, 0.15) is 51.8 Å². The molecule has 0 aromatic carbocycles. The van der Waals surface area contributed by atoms with Crippen LogP contribution in [-0.2, 0) is 16.6 Å². The summed E-state index contributed by atoms with van der Waals surface area (Å²) in [7, 11) is -3.57. The molecule has 0 spiro atoms. The lowest BCUT2D eigenvalue weighted by molar-refractivity contribution is 0.477. The van der Waals surface area contributed by atoms with Crippen molar-refractivity contribution >= 4 is 10.0 Å². The Labute approximate surface area is 128 Å². The van der Waals surface area contributed by atoms with E-state index in [9.17, 15) is 8.42 Å². The molecule has 0 fully saturated rings. The van der Waals surface area contributed by atoms with Crippen molar-refractivity contribution in [1.82, 2.24) is 20.2 Å². The van der Waals surface area contributed by atoms with E-state index in [0.29, 0.717) is 24.6 Å². The number of nitrogens with one attached hydrogen (secondary N) is 3. The van der Waals surface area contributed by atoms with Crippen molar-refractivity contribution in [2.24, 2.45) is 5.92 Å². The van der Waals surface area contributed by atoms with Gasteiger partial charge in [-0.25, -0.2) is 13.1 Å². The molecule has 0 radical (unpaired) electrons. The maximum atomic E-state index is 12.4. The first kappa shape index (κ1) is 18.1. The average molecular weight is 316 g/mol. The van der Waals surface area contributed by atoms with Crippen LogP contribution < -0.4 is 10.0 Å². The minimum atomic E-state index is -3.57. The number of aromatic nitrogens is 2. The fourth-order valence-electron chi connectivity index (χ4n) is 2.04. The smallest absolute Gasteiger partial charge is 0.260 e. The Bertz CT molecular complexity index is 533. The number of rotatable bonds is 9. The summed E-state index contributed by atoms with van der Waals surface area (Å²) in [4.78, 5) is 0. The molecule has 0 amide bonds. The summed E-state index contributed by atoms with van der Waals surface area (Å²) in [6, 6.07) is 0.285. The lowest BCUT2D eigenvalue weighted by Crippen LogP contribution is -2.31. The van der Waals surface area contributed by atoms with E-state index in [4.69, 9.17) is 0 Å². The SMILES string of the molecule is CCC(CC)CNS(=O)(=O)c1n[nH]c(C)c1CNC(C)C. The number of nitrogens with zero attached hydrogens (tertiary/aromatic N) is 1. The van der Waals surface area contributed by atoms with Crippen LogP contribution in [0.5, 0.6) is 0 Å². The number of aryl methyl sites for hydroxylation is 1. The molecule has 0 saturated heterocycles. The summed E-state index contributed by atoms with van der Waals surface area (Å²) in [6.45, 7) is 11.0. The maximum Gasteiger partial charge on any atom is 0.260 e. The molecule has 0 aliphatic rings. The predicted molar refractivity (Wildman–Crippen MR) is 84.6 cm³/mol. The molecule has 0 aliphatic carbocycles. The molecule has 1 aromatic heterocycles. The summed E-state index contributed by atoms with van der Waals surface area (Å²) in [5.41, 5.74) is 1.49. The van der Waals surface area contributed by atoms with Gasteiger partial charge in [0.2, 0.25) is 0 Å². The van der Waals surface area contributed by atoms with Crippen LogP contribution >= 0.6 is 0 Å². The first-order valence-corrected chi connectivity index (χ1v) is 9.06. The van der Waals surface area contributed by atoms with Crippen LogP contribution in [0.4, 0.5) is 0 Å². The van der Waals surface area contributed by atoms with E-state index >= 15 is 0 Å². The van der Waals surface area contributed by atoms with Gasteiger partial charge < -0.3 is 5.32 Å². The quantitative estimate of drug-likeness (QED) is 0.649. The van der Waals surface area contributed by atoms with Gasteiger partial charge in [0.15, 0.2) is 5.03 Å². The standard InChI is InChI=1S/C14H28N4O2S/c1-6-12(7-2)8-16-21(19,20)14-13(9-15-10(3)4)11(5)17-18-14/h10,12,15-16H,6-9H2,1-5H3,(H,17,18). The molecule has 1 rings (SSSR count). The van der Waals surface area contributed by atoms with E-state index in [1.54, 1.807) is 0 Å². The summed E-state index contributed by atoms with van der Waals surface area (Å²) in [6.07, 6.45) is 1.92. The minimum absolute atomic E-state index is 0.110. The van der Waals surface area contributed by atoms with E-state index in [1.165, 1.54) is 0 Å². The van der Waals surface area contributed by atoms with Gasteiger partial charge in [-0.1, -0.05) is 40.5 Å². The Hall–Kier alpha value is -0.920. The number of aromatic amines is 1. The average Bonchev–Trinajstić information content (AvgIpc) is 2.79. The molecule has 0 aliphatic heterocycles. The highest BCUT2D eigenvalue weighted by molar-refractivity contribution is 7.89. The Kier molecular flexibility index (Phi) is 6.83. The Morgan fingerprint density at radius 1 is 1.24 bits per heavy atom. The zero-order chi connectivity index (χ0) is 16.0. The molecule has 122 valence electrons. The third-order valence-corrected chi connectivity index (χ3v) is 5.09. The first-order valence-electron chi connectivity index (χ1n) is 7.58. The van der Waals surface area contributed by atoms with Crippen molar-refractivity contribution in [2.45, 2.75) is 65.1 Å². The summed E-state index contributed by atoms with van der Waals surface area (Å²) in [5, 5.41) is 10.1. The van der Waals surface area contributed by atoms with Crippen LogP contribution in [0.2, 0.25) is 0 Å². The summed E-state index contributed by atoms with van der Waals surface area (Å²) < 4.78 is 27.5. The zero-order valence-electron chi connectivity index (χ0n) is 13.7. The lowest BCUT2D eigenvalue weighted by atomic mass is 10.0. The first-order chi connectivity index (χ1) is 9.81. The highest BCUT2D eigenvalue weighted by Crippen LogP contribution is 2.17. The predicted octanol–water partition coefficient (Wildman–Crippen LogP) is 1.93. The molecule has 7 heteroatoms. The van der Waals surface area contributed by atoms with Crippen molar-refractivity contribution in [1.29, 1.82) is 0 Å². The highest BCUT2D eigenvalue weighted by atomic mass is 32.2. The van der Waals surface area contributed by atoms with Gasteiger partial charge in [0.1, 0.15) is 0 Å². The number of sulfonamides is 1. The van der Waals surface area contributed by atoms with Crippen molar-refractivity contribution in [3.63, 3.8) is 0 Å². The topological polar surface area (TPSA) is 86.9 Å². The number of hydrogen-bond donors (Lipinski definition) is 3. The summed E-state index contributed by atoms with van der Waals surface area (Å²) in [5.74, 6) is 0.358. The molecule has 6 nitrogen and oxygen atoms in total. The molecule has 3 N–H and O–H groups in total. The van der Waals surface area contributed by atoms with Gasteiger partial charge >= 0.3 is 0 Å².